The second kappa shape index (κ2) is 4.17. The van der Waals surface area contributed by atoms with Crippen LogP contribution in [0.2, 0.25) is 0 Å². The Kier molecular flexibility index (Phi) is 3.56. The molecule has 2 unspecified atom stereocenters. The summed E-state index contributed by atoms with van der Waals surface area (Å²) in [5.41, 5.74) is -0.499. The van der Waals surface area contributed by atoms with Gasteiger partial charge in [0.05, 0.1) is 5.60 Å². The van der Waals surface area contributed by atoms with Crippen LogP contribution >= 0.6 is 0 Å². The van der Waals surface area contributed by atoms with Crippen LogP contribution in [-0.4, -0.2) is 35.4 Å². The molecule has 3 nitrogen and oxygen atoms in total. The van der Waals surface area contributed by atoms with Crippen LogP contribution in [0, 0.1) is 0 Å². The molecule has 84 valence electrons. The summed E-state index contributed by atoms with van der Waals surface area (Å²) in [4.78, 5) is 0. The van der Waals surface area contributed by atoms with Crippen molar-refractivity contribution in [3.63, 3.8) is 0 Å². The quantitative estimate of drug-likeness (QED) is 0.633. The molecule has 3 heteroatoms. The van der Waals surface area contributed by atoms with Gasteiger partial charge >= 0.3 is 0 Å². The van der Waals surface area contributed by atoms with Crippen LogP contribution in [0.3, 0.4) is 0 Å². The summed E-state index contributed by atoms with van der Waals surface area (Å²) in [7, 11) is 0. The van der Waals surface area contributed by atoms with Gasteiger partial charge < -0.3 is 15.7 Å². The van der Waals surface area contributed by atoms with Crippen LogP contribution in [-0.2, 0) is 0 Å². The highest BCUT2D eigenvalue weighted by molar-refractivity contribution is 5.00. The summed E-state index contributed by atoms with van der Waals surface area (Å²) in [6.07, 6.45) is 1.65. The van der Waals surface area contributed by atoms with Crippen LogP contribution in [0.4, 0.5) is 0 Å². The predicted octanol–water partition coefficient (Wildman–Crippen LogP) is 0.877. The molecule has 14 heavy (non-hydrogen) atoms. The van der Waals surface area contributed by atoms with Gasteiger partial charge in [0.25, 0.3) is 0 Å². The lowest BCUT2D eigenvalue weighted by Gasteiger charge is -2.45. The summed E-state index contributed by atoms with van der Waals surface area (Å²) >= 11 is 0. The monoisotopic (exact) mass is 200 g/mol. The van der Waals surface area contributed by atoms with Gasteiger partial charge in [0.15, 0.2) is 0 Å². The molecule has 3 N–H and O–H groups in total. The van der Waals surface area contributed by atoms with Gasteiger partial charge in [0, 0.05) is 11.6 Å². The average molecular weight is 200 g/mol. The Morgan fingerprint density at radius 1 is 1.50 bits per heavy atom. The zero-order chi connectivity index (χ0) is 10.8. The molecule has 1 saturated heterocycles. The third kappa shape index (κ3) is 2.69. The highest BCUT2D eigenvalue weighted by Gasteiger charge is 2.41. The third-order valence-electron chi connectivity index (χ3n) is 3.23. The van der Waals surface area contributed by atoms with Gasteiger partial charge in [-0.25, -0.2) is 0 Å². The highest BCUT2D eigenvalue weighted by Crippen LogP contribution is 2.30. The smallest absolute Gasteiger partial charge is 0.0826 e. The van der Waals surface area contributed by atoms with Crippen molar-refractivity contribution in [3.05, 3.63) is 0 Å². The topological polar surface area (TPSA) is 44.3 Å². The molecule has 1 aliphatic heterocycles. The minimum absolute atomic E-state index is 0.0523. The number of aliphatic hydroxyl groups is 1. The van der Waals surface area contributed by atoms with Gasteiger partial charge in [0.2, 0.25) is 0 Å². The van der Waals surface area contributed by atoms with E-state index in [1.807, 2.05) is 0 Å². The van der Waals surface area contributed by atoms with Gasteiger partial charge in [-0.3, -0.25) is 0 Å². The fraction of sp³-hybridized carbons (Fsp3) is 1.00. The van der Waals surface area contributed by atoms with Crippen molar-refractivity contribution in [2.24, 2.45) is 0 Å². The minimum Gasteiger partial charge on any atom is -0.388 e. The summed E-state index contributed by atoms with van der Waals surface area (Å²) in [5.74, 6) is 0. The molecule has 0 aromatic heterocycles. The largest absolute Gasteiger partial charge is 0.388 e. The van der Waals surface area contributed by atoms with Crippen LogP contribution < -0.4 is 10.6 Å². The lowest BCUT2D eigenvalue weighted by atomic mass is 9.77. The first-order chi connectivity index (χ1) is 6.40. The lowest BCUT2D eigenvalue weighted by molar-refractivity contribution is -0.0459. The van der Waals surface area contributed by atoms with Crippen molar-refractivity contribution >= 4 is 0 Å². The number of hydrogen-bond acceptors (Lipinski definition) is 3. The van der Waals surface area contributed by atoms with E-state index in [0.29, 0.717) is 0 Å². The lowest BCUT2D eigenvalue weighted by Crippen LogP contribution is -2.60. The minimum atomic E-state index is -0.551. The first kappa shape index (κ1) is 12.0. The number of likely N-dealkylation sites (N-methyl/N-ethyl adjacent to an activating group) is 1. The molecule has 1 aliphatic rings. The Balaban J connectivity index is 2.63. The van der Waals surface area contributed by atoms with Crippen molar-refractivity contribution in [2.45, 2.75) is 57.7 Å². The Morgan fingerprint density at radius 3 is 2.64 bits per heavy atom. The van der Waals surface area contributed by atoms with E-state index >= 15 is 0 Å². The molecule has 0 amide bonds. The van der Waals surface area contributed by atoms with E-state index in [-0.39, 0.29) is 11.6 Å². The van der Waals surface area contributed by atoms with Crippen LogP contribution in [0.5, 0.6) is 0 Å². The SMILES string of the molecule is CCNC(C)C1(O)CCNC(C)(C)C1. The number of piperidine rings is 1. The molecule has 1 rings (SSSR count). The Morgan fingerprint density at radius 2 is 2.14 bits per heavy atom. The molecular formula is C11H24N2O. The van der Waals surface area contributed by atoms with Crippen molar-refractivity contribution in [1.82, 2.24) is 10.6 Å². The van der Waals surface area contributed by atoms with Crippen LogP contribution in [0.25, 0.3) is 0 Å². The summed E-state index contributed by atoms with van der Waals surface area (Å²) in [5, 5.41) is 17.2. The molecule has 1 heterocycles. The molecule has 0 spiro atoms. The van der Waals surface area contributed by atoms with E-state index in [4.69, 9.17) is 0 Å². The van der Waals surface area contributed by atoms with Crippen molar-refractivity contribution in [1.29, 1.82) is 0 Å². The summed E-state index contributed by atoms with van der Waals surface area (Å²) in [6, 6.07) is 0.175. The summed E-state index contributed by atoms with van der Waals surface area (Å²) in [6.45, 7) is 10.3. The first-order valence-corrected chi connectivity index (χ1v) is 5.60. The Bertz CT molecular complexity index is 194. The maximum atomic E-state index is 10.5. The second-order valence-corrected chi connectivity index (χ2v) is 5.12. The summed E-state index contributed by atoms with van der Waals surface area (Å²) < 4.78 is 0. The predicted molar refractivity (Wildman–Crippen MR) is 59.4 cm³/mol. The normalized spacial score (nSPS) is 34.1. The van der Waals surface area contributed by atoms with E-state index in [9.17, 15) is 5.11 Å². The maximum Gasteiger partial charge on any atom is 0.0826 e. The van der Waals surface area contributed by atoms with Crippen molar-refractivity contribution < 1.29 is 5.11 Å². The Hall–Kier alpha value is -0.120. The van der Waals surface area contributed by atoms with Gasteiger partial charge in [-0.15, -0.1) is 0 Å². The molecule has 0 aromatic rings. The van der Waals surface area contributed by atoms with Gasteiger partial charge in [0.1, 0.15) is 0 Å². The maximum absolute atomic E-state index is 10.5. The average Bonchev–Trinajstić information content (AvgIpc) is 2.02. The molecule has 2 atom stereocenters. The third-order valence-corrected chi connectivity index (χ3v) is 3.23. The molecule has 0 bridgehead atoms. The zero-order valence-electron chi connectivity index (χ0n) is 9.85. The molecule has 1 fully saturated rings. The van der Waals surface area contributed by atoms with E-state index < -0.39 is 5.60 Å². The molecule has 0 saturated carbocycles. The van der Waals surface area contributed by atoms with Crippen molar-refractivity contribution in [3.8, 4) is 0 Å². The van der Waals surface area contributed by atoms with E-state index in [0.717, 1.165) is 25.9 Å². The first-order valence-electron chi connectivity index (χ1n) is 5.60. The van der Waals surface area contributed by atoms with Crippen LogP contribution in [0.15, 0.2) is 0 Å². The van der Waals surface area contributed by atoms with E-state index in [1.54, 1.807) is 0 Å². The van der Waals surface area contributed by atoms with Gasteiger partial charge in [-0.1, -0.05) is 6.92 Å². The van der Waals surface area contributed by atoms with Crippen LogP contribution in [0.1, 0.15) is 40.5 Å². The molecule has 0 aromatic carbocycles. The van der Waals surface area contributed by atoms with E-state index in [2.05, 4.69) is 38.3 Å². The fourth-order valence-corrected chi connectivity index (χ4v) is 2.40. The van der Waals surface area contributed by atoms with Gasteiger partial charge in [-0.2, -0.15) is 0 Å². The number of hydrogen-bond donors (Lipinski definition) is 3. The standard InChI is InChI=1S/C11H24N2O/c1-5-12-9(2)11(14)6-7-13-10(3,4)8-11/h9,12-14H,5-8H2,1-4H3. The zero-order valence-corrected chi connectivity index (χ0v) is 9.85. The highest BCUT2D eigenvalue weighted by atomic mass is 16.3. The molecular weight excluding hydrogens is 176 g/mol. The fourth-order valence-electron chi connectivity index (χ4n) is 2.40. The second-order valence-electron chi connectivity index (χ2n) is 5.12. The molecule has 0 radical (unpaired) electrons. The number of nitrogens with one attached hydrogen (secondary N) is 2. The number of rotatable bonds is 3. The van der Waals surface area contributed by atoms with Crippen molar-refractivity contribution in [2.75, 3.05) is 13.1 Å². The van der Waals surface area contributed by atoms with Gasteiger partial charge in [-0.05, 0) is 46.7 Å². The Labute approximate surface area is 87.3 Å². The molecule has 0 aliphatic carbocycles. The van der Waals surface area contributed by atoms with E-state index in [1.165, 1.54) is 0 Å².